The fraction of sp³-hybridized carbons (Fsp3) is 0.571. The van der Waals surface area contributed by atoms with E-state index in [0.29, 0.717) is 19.3 Å². The molecule has 0 amide bonds. The van der Waals surface area contributed by atoms with E-state index in [-0.39, 0.29) is 0 Å². The van der Waals surface area contributed by atoms with Crippen LogP contribution < -0.4 is 0 Å². The van der Waals surface area contributed by atoms with Crippen molar-refractivity contribution >= 4 is 5.82 Å². The fourth-order valence-corrected chi connectivity index (χ4v) is 4.73. The van der Waals surface area contributed by atoms with Gasteiger partial charge < -0.3 is 14.5 Å². The van der Waals surface area contributed by atoms with E-state index in [9.17, 15) is 0 Å². The topological polar surface area (TPSA) is 49.7 Å². The summed E-state index contributed by atoms with van der Waals surface area (Å²) >= 11 is 0. The summed E-state index contributed by atoms with van der Waals surface area (Å²) in [6.45, 7) is 11.1. The van der Waals surface area contributed by atoms with Gasteiger partial charge in [-0.2, -0.15) is 0 Å². The third-order valence-electron chi connectivity index (χ3n) is 6.70. The molecule has 1 aliphatic rings. The second-order valence-corrected chi connectivity index (χ2v) is 9.45. The molecule has 0 spiro atoms. The standard InChI is InChI=1S/C28H44N6O/c1-7-10-16-27(33(8-2)19-18-31(4)5)34-22-30-24(26(34)21-35-9-3)20-32(6)25-15-11-13-23-14-12-17-29-28(23)25/h7,10,12,14,16-17,22,25H,8-9,11,13,15,18-21H2,1-6H3/b10-7-,27-16-/t25-/m0/s1. The number of hydrogen-bond acceptors (Lipinski definition) is 6. The van der Waals surface area contributed by atoms with Crippen LogP contribution >= 0.6 is 0 Å². The number of likely N-dealkylation sites (N-methyl/N-ethyl adjacent to an activating group) is 2. The van der Waals surface area contributed by atoms with Crippen LogP contribution in [0.4, 0.5) is 0 Å². The molecule has 1 atom stereocenters. The second kappa shape index (κ2) is 13.6. The molecular weight excluding hydrogens is 436 g/mol. The fourth-order valence-electron chi connectivity index (χ4n) is 4.73. The van der Waals surface area contributed by atoms with Gasteiger partial charge in [-0.25, -0.2) is 4.98 Å². The molecule has 2 heterocycles. The lowest BCUT2D eigenvalue weighted by Crippen LogP contribution is -2.33. The first-order valence-electron chi connectivity index (χ1n) is 13.0. The molecule has 192 valence electrons. The summed E-state index contributed by atoms with van der Waals surface area (Å²) in [7, 11) is 6.43. The van der Waals surface area contributed by atoms with Crippen molar-refractivity contribution in [3.63, 3.8) is 0 Å². The molecule has 0 fully saturated rings. The smallest absolute Gasteiger partial charge is 0.114 e. The van der Waals surface area contributed by atoms with Crippen molar-refractivity contribution < 1.29 is 4.74 Å². The van der Waals surface area contributed by atoms with Crippen LogP contribution in [0.1, 0.15) is 62.3 Å². The summed E-state index contributed by atoms with van der Waals surface area (Å²) in [6.07, 6.45) is 13.7. The van der Waals surface area contributed by atoms with Crippen molar-refractivity contribution in [2.24, 2.45) is 0 Å². The van der Waals surface area contributed by atoms with E-state index in [1.165, 1.54) is 17.7 Å². The number of ether oxygens (including phenoxy) is 1. The second-order valence-electron chi connectivity index (χ2n) is 9.45. The molecule has 0 aliphatic heterocycles. The Kier molecular flexibility index (Phi) is 10.5. The number of imidazole rings is 1. The molecule has 7 heteroatoms. The van der Waals surface area contributed by atoms with Gasteiger partial charge >= 0.3 is 0 Å². The van der Waals surface area contributed by atoms with Crippen LogP contribution in [0.25, 0.3) is 5.82 Å². The van der Waals surface area contributed by atoms with Crippen LogP contribution in [0, 0.1) is 0 Å². The molecule has 0 bridgehead atoms. The van der Waals surface area contributed by atoms with Gasteiger partial charge in [-0.05, 0) is 78.9 Å². The van der Waals surface area contributed by atoms with Gasteiger partial charge in [0.15, 0.2) is 0 Å². The molecule has 0 aromatic carbocycles. The molecule has 1 aliphatic carbocycles. The molecule has 2 aromatic heterocycles. The van der Waals surface area contributed by atoms with Crippen LogP contribution in [-0.2, 0) is 24.3 Å². The zero-order valence-electron chi connectivity index (χ0n) is 22.6. The van der Waals surface area contributed by atoms with Crippen molar-refractivity contribution in [1.82, 2.24) is 29.2 Å². The number of aryl methyl sites for hydroxylation is 1. The Bertz CT molecular complexity index is 980. The number of fused-ring (bicyclic) bond motifs is 1. The number of hydrogen-bond donors (Lipinski definition) is 0. The maximum atomic E-state index is 5.95. The highest BCUT2D eigenvalue weighted by Crippen LogP contribution is 2.33. The Hall–Kier alpha value is -2.48. The zero-order chi connectivity index (χ0) is 25.2. The Morgan fingerprint density at radius 2 is 2.03 bits per heavy atom. The maximum absolute atomic E-state index is 5.95. The lowest BCUT2D eigenvalue weighted by atomic mass is 9.91. The van der Waals surface area contributed by atoms with E-state index >= 15 is 0 Å². The van der Waals surface area contributed by atoms with E-state index in [2.05, 4.69) is 84.6 Å². The molecular formula is C28H44N6O. The minimum atomic E-state index is 0.315. The van der Waals surface area contributed by atoms with Crippen LogP contribution in [0.2, 0.25) is 0 Å². The molecule has 2 aromatic rings. The van der Waals surface area contributed by atoms with Crippen LogP contribution in [0.5, 0.6) is 0 Å². The highest BCUT2D eigenvalue weighted by molar-refractivity contribution is 5.48. The van der Waals surface area contributed by atoms with Gasteiger partial charge in [-0.15, -0.1) is 0 Å². The molecule has 0 saturated heterocycles. The van der Waals surface area contributed by atoms with Crippen molar-refractivity contribution in [3.05, 3.63) is 65.5 Å². The first-order valence-corrected chi connectivity index (χ1v) is 13.0. The van der Waals surface area contributed by atoms with Crippen molar-refractivity contribution in [2.75, 3.05) is 47.4 Å². The summed E-state index contributed by atoms with van der Waals surface area (Å²) in [5, 5.41) is 0. The zero-order valence-corrected chi connectivity index (χ0v) is 22.6. The lowest BCUT2D eigenvalue weighted by Gasteiger charge is -2.32. The molecule has 0 saturated carbocycles. The van der Waals surface area contributed by atoms with Crippen molar-refractivity contribution in [2.45, 2.75) is 59.2 Å². The van der Waals surface area contributed by atoms with E-state index in [1.54, 1.807) is 0 Å². The molecule has 7 nitrogen and oxygen atoms in total. The van der Waals surface area contributed by atoms with Crippen molar-refractivity contribution in [1.29, 1.82) is 0 Å². The first-order chi connectivity index (χ1) is 17.0. The van der Waals surface area contributed by atoms with Gasteiger partial charge in [0.2, 0.25) is 0 Å². The van der Waals surface area contributed by atoms with Gasteiger partial charge in [0.05, 0.1) is 29.7 Å². The Labute approximate surface area is 212 Å². The summed E-state index contributed by atoms with van der Waals surface area (Å²) in [4.78, 5) is 16.7. The molecule has 35 heavy (non-hydrogen) atoms. The van der Waals surface area contributed by atoms with Crippen LogP contribution in [0.15, 0.2) is 42.9 Å². The highest BCUT2D eigenvalue weighted by Gasteiger charge is 2.27. The monoisotopic (exact) mass is 480 g/mol. The normalized spacial score (nSPS) is 16.5. The third-order valence-corrected chi connectivity index (χ3v) is 6.70. The van der Waals surface area contributed by atoms with E-state index in [1.807, 2.05) is 19.4 Å². The predicted molar refractivity (Wildman–Crippen MR) is 144 cm³/mol. The van der Waals surface area contributed by atoms with Crippen LogP contribution in [0.3, 0.4) is 0 Å². The van der Waals surface area contributed by atoms with E-state index in [4.69, 9.17) is 14.7 Å². The summed E-state index contributed by atoms with van der Waals surface area (Å²) in [5.41, 5.74) is 4.79. The van der Waals surface area contributed by atoms with Gasteiger partial charge in [-0.1, -0.05) is 18.2 Å². The van der Waals surface area contributed by atoms with Crippen molar-refractivity contribution in [3.8, 4) is 0 Å². The minimum Gasteiger partial charge on any atom is -0.375 e. The Balaban J connectivity index is 1.92. The Morgan fingerprint density at radius 1 is 1.20 bits per heavy atom. The predicted octanol–water partition coefficient (Wildman–Crippen LogP) is 4.58. The molecule has 0 radical (unpaired) electrons. The summed E-state index contributed by atoms with van der Waals surface area (Å²) in [6, 6.07) is 4.59. The maximum Gasteiger partial charge on any atom is 0.114 e. The largest absolute Gasteiger partial charge is 0.375 e. The number of aromatic nitrogens is 3. The van der Waals surface area contributed by atoms with Crippen LogP contribution in [-0.4, -0.2) is 76.6 Å². The Morgan fingerprint density at radius 3 is 2.74 bits per heavy atom. The van der Waals surface area contributed by atoms with E-state index < -0.39 is 0 Å². The van der Waals surface area contributed by atoms with Gasteiger partial charge in [0.1, 0.15) is 12.1 Å². The summed E-state index contributed by atoms with van der Waals surface area (Å²) in [5.74, 6) is 1.13. The average Bonchev–Trinajstić information content (AvgIpc) is 3.25. The quantitative estimate of drug-likeness (QED) is 0.391. The molecule has 0 N–H and O–H groups in total. The number of pyridine rings is 1. The molecule has 3 rings (SSSR count). The lowest BCUT2D eigenvalue weighted by molar-refractivity contribution is 0.127. The first kappa shape index (κ1) is 27.1. The minimum absolute atomic E-state index is 0.315. The van der Waals surface area contributed by atoms with Gasteiger partial charge in [-0.3, -0.25) is 14.5 Å². The average molecular weight is 481 g/mol. The summed E-state index contributed by atoms with van der Waals surface area (Å²) < 4.78 is 8.17. The van der Waals surface area contributed by atoms with Gasteiger partial charge in [0, 0.05) is 39.0 Å². The number of allylic oxidation sites excluding steroid dienone is 3. The number of rotatable bonds is 13. The van der Waals surface area contributed by atoms with E-state index in [0.717, 1.165) is 56.2 Å². The number of nitrogens with zero attached hydrogens (tertiary/aromatic N) is 6. The third kappa shape index (κ3) is 7.03. The SMILES string of the molecule is C/C=C\C=C(\N(CC)CCN(C)C)n1cnc(CN(C)[C@H]2CCCc3cccnc32)c1COCC. The highest BCUT2D eigenvalue weighted by atomic mass is 16.5. The van der Waals surface area contributed by atoms with Gasteiger partial charge in [0.25, 0.3) is 0 Å². The molecule has 0 unspecified atom stereocenters.